The fraction of sp³-hybridized carbons (Fsp3) is 0.185. The molecule has 1 amide bonds. The third-order valence-electron chi connectivity index (χ3n) is 6.01. The molecule has 3 aromatic rings. The molecule has 1 aliphatic rings. The van der Waals surface area contributed by atoms with E-state index in [-0.39, 0.29) is 22.5 Å². The summed E-state index contributed by atoms with van der Waals surface area (Å²) in [6.07, 6.45) is -2.98. The van der Waals surface area contributed by atoms with Crippen molar-refractivity contribution in [1.29, 1.82) is 0 Å². The van der Waals surface area contributed by atoms with E-state index in [1.54, 1.807) is 6.08 Å². The standard InChI is InChI=1S/C27H23F3N2O3/c1-16-13-19(17(2)31(16)21-10-6-5-7-11-21)14-23-24(26(34)35-4)18(3)32(25(23)33)22-12-8-9-20(15-22)27(28,29)30/h5-15H,1-4H3/b23-14-. The number of nitrogens with zero attached hydrogens (tertiary/aromatic N) is 2. The molecule has 1 aromatic heterocycles. The van der Waals surface area contributed by atoms with Crippen LogP contribution in [0, 0.1) is 13.8 Å². The number of allylic oxidation sites excluding steroid dienone is 1. The molecule has 0 spiro atoms. The molecular weight excluding hydrogens is 457 g/mol. The first-order valence-electron chi connectivity index (χ1n) is 10.8. The topological polar surface area (TPSA) is 51.5 Å². The first kappa shape index (κ1) is 24.1. The number of anilines is 1. The summed E-state index contributed by atoms with van der Waals surface area (Å²) in [4.78, 5) is 27.3. The molecule has 8 heteroatoms. The predicted molar refractivity (Wildman–Crippen MR) is 127 cm³/mol. The molecular formula is C27H23F3N2O3. The fourth-order valence-electron chi connectivity index (χ4n) is 4.38. The lowest BCUT2D eigenvalue weighted by Gasteiger charge is -2.19. The zero-order valence-electron chi connectivity index (χ0n) is 19.6. The quantitative estimate of drug-likeness (QED) is 0.341. The Morgan fingerprint density at radius 1 is 0.943 bits per heavy atom. The van der Waals surface area contributed by atoms with E-state index in [4.69, 9.17) is 4.74 Å². The molecule has 4 rings (SSSR count). The molecule has 0 aliphatic carbocycles. The smallest absolute Gasteiger partial charge is 0.416 e. The van der Waals surface area contributed by atoms with Gasteiger partial charge in [0.15, 0.2) is 0 Å². The number of amides is 1. The average molecular weight is 480 g/mol. The van der Waals surface area contributed by atoms with Gasteiger partial charge in [0, 0.05) is 28.5 Å². The number of halogens is 3. The van der Waals surface area contributed by atoms with Gasteiger partial charge >= 0.3 is 12.1 Å². The van der Waals surface area contributed by atoms with Gasteiger partial charge in [-0.3, -0.25) is 9.69 Å². The van der Waals surface area contributed by atoms with Crippen molar-refractivity contribution in [3.63, 3.8) is 0 Å². The number of esters is 1. The maximum Gasteiger partial charge on any atom is 0.416 e. The molecule has 5 nitrogen and oxygen atoms in total. The molecule has 0 N–H and O–H groups in total. The van der Waals surface area contributed by atoms with Gasteiger partial charge in [-0.25, -0.2) is 4.79 Å². The second kappa shape index (κ2) is 8.94. The number of carbonyl (C=O) groups is 2. The summed E-state index contributed by atoms with van der Waals surface area (Å²) in [6.45, 7) is 5.33. The van der Waals surface area contributed by atoms with Crippen LogP contribution in [0.4, 0.5) is 18.9 Å². The van der Waals surface area contributed by atoms with Crippen molar-refractivity contribution in [3.8, 4) is 5.69 Å². The largest absolute Gasteiger partial charge is 0.465 e. The number of methoxy groups -OCH3 is 1. The lowest BCUT2D eigenvalue weighted by molar-refractivity contribution is -0.137. The Labute approximate surface area is 200 Å². The number of carbonyl (C=O) groups excluding carboxylic acids is 2. The van der Waals surface area contributed by atoms with Gasteiger partial charge in [0.1, 0.15) is 0 Å². The summed E-state index contributed by atoms with van der Waals surface area (Å²) in [7, 11) is 1.19. The molecule has 0 saturated heterocycles. The number of aromatic nitrogens is 1. The summed E-state index contributed by atoms with van der Waals surface area (Å²) < 4.78 is 46.8. The summed E-state index contributed by atoms with van der Waals surface area (Å²) in [5.41, 5.74) is 2.80. The van der Waals surface area contributed by atoms with Gasteiger partial charge in [0.2, 0.25) is 0 Å². The van der Waals surface area contributed by atoms with Crippen LogP contribution in [0.5, 0.6) is 0 Å². The van der Waals surface area contributed by atoms with Gasteiger partial charge in [-0.2, -0.15) is 13.2 Å². The summed E-state index contributed by atoms with van der Waals surface area (Å²) >= 11 is 0. The molecule has 0 radical (unpaired) electrons. The highest BCUT2D eigenvalue weighted by atomic mass is 19.4. The minimum atomic E-state index is -4.57. The van der Waals surface area contributed by atoms with E-state index in [1.165, 1.54) is 26.2 Å². The molecule has 0 unspecified atom stereocenters. The molecule has 1 aliphatic heterocycles. The first-order valence-corrected chi connectivity index (χ1v) is 10.8. The molecule has 0 saturated carbocycles. The predicted octanol–water partition coefficient (Wildman–Crippen LogP) is 5.99. The van der Waals surface area contributed by atoms with Crippen molar-refractivity contribution < 1.29 is 27.5 Å². The Kier molecular flexibility index (Phi) is 6.15. The number of alkyl halides is 3. The highest BCUT2D eigenvalue weighted by molar-refractivity contribution is 6.23. The average Bonchev–Trinajstić information content (AvgIpc) is 3.24. The van der Waals surface area contributed by atoms with Crippen molar-refractivity contribution in [2.75, 3.05) is 12.0 Å². The number of rotatable bonds is 4. The zero-order valence-corrected chi connectivity index (χ0v) is 19.6. The molecule has 2 heterocycles. The van der Waals surface area contributed by atoms with Crippen molar-refractivity contribution >= 4 is 23.6 Å². The molecule has 180 valence electrons. The van der Waals surface area contributed by atoms with E-state index in [0.29, 0.717) is 5.56 Å². The molecule has 2 aromatic carbocycles. The maximum absolute atomic E-state index is 13.5. The second-order valence-corrected chi connectivity index (χ2v) is 8.20. The third kappa shape index (κ3) is 4.27. The van der Waals surface area contributed by atoms with Crippen molar-refractivity contribution in [3.05, 3.63) is 100 Å². The Balaban J connectivity index is 1.85. The maximum atomic E-state index is 13.5. The van der Waals surface area contributed by atoms with Crippen LogP contribution < -0.4 is 4.90 Å². The molecule has 0 bridgehead atoms. The monoisotopic (exact) mass is 480 g/mol. The van der Waals surface area contributed by atoms with E-state index in [9.17, 15) is 22.8 Å². The highest BCUT2D eigenvalue weighted by Gasteiger charge is 2.39. The number of hydrogen-bond donors (Lipinski definition) is 0. The highest BCUT2D eigenvalue weighted by Crippen LogP contribution is 2.38. The van der Waals surface area contributed by atoms with Crippen LogP contribution in [-0.2, 0) is 20.5 Å². The summed E-state index contributed by atoms with van der Waals surface area (Å²) in [6, 6.07) is 16.0. The van der Waals surface area contributed by atoms with Crippen molar-refractivity contribution in [2.45, 2.75) is 26.9 Å². The van der Waals surface area contributed by atoms with E-state index in [0.717, 1.165) is 34.1 Å². The lowest BCUT2D eigenvalue weighted by Crippen LogP contribution is -2.25. The fourth-order valence-corrected chi connectivity index (χ4v) is 4.38. The minimum Gasteiger partial charge on any atom is -0.465 e. The van der Waals surface area contributed by atoms with E-state index >= 15 is 0 Å². The van der Waals surface area contributed by atoms with Gasteiger partial charge in [-0.15, -0.1) is 0 Å². The van der Waals surface area contributed by atoms with Gasteiger partial charge in [0.25, 0.3) is 5.91 Å². The number of para-hydroxylation sites is 1. The zero-order chi connectivity index (χ0) is 25.5. The Morgan fingerprint density at radius 2 is 1.60 bits per heavy atom. The summed E-state index contributed by atoms with van der Waals surface area (Å²) in [5.74, 6) is -1.35. The SMILES string of the molecule is COC(=O)C1=C(C)N(c2cccc(C(F)(F)F)c2)C(=O)/C1=C\c1cc(C)n(-c2ccccc2)c1C. The van der Waals surface area contributed by atoms with Crippen LogP contribution in [0.15, 0.2) is 77.5 Å². The van der Waals surface area contributed by atoms with Gasteiger partial charge in [-0.05, 0) is 68.8 Å². The molecule has 0 atom stereocenters. The summed E-state index contributed by atoms with van der Waals surface area (Å²) in [5, 5.41) is 0. The minimum absolute atomic E-state index is 0.0134. The third-order valence-corrected chi connectivity index (χ3v) is 6.01. The van der Waals surface area contributed by atoms with Crippen LogP contribution in [0.25, 0.3) is 11.8 Å². The van der Waals surface area contributed by atoms with Crippen molar-refractivity contribution in [2.24, 2.45) is 0 Å². The Hall–Kier alpha value is -4.07. The van der Waals surface area contributed by atoms with Crippen molar-refractivity contribution in [1.82, 2.24) is 4.57 Å². The Bertz CT molecular complexity index is 1380. The van der Waals surface area contributed by atoms with E-state index in [2.05, 4.69) is 0 Å². The lowest BCUT2D eigenvalue weighted by atomic mass is 10.0. The Morgan fingerprint density at radius 3 is 2.23 bits per heavy atom. The second-order valence-electron chi connectivity index (χ2n) is 8.20. The van der Waals surface area contributed by atoms with Crippen LogP contribution >= 0.6 is 0 Å². The normalized spacial score (nSPS) is 15.3. The van der Waals surface area contributed by atoms with Crippen LogP contribution in [-0.4, -0.2) is 23.6 Å². The van der Waals surface area contributed by atoms with Crippen LogP contribution in [0.3, 0.4) is 0 Å². The molecule has 0 fully saturated rings. The van der Waals surface area contributed by atoms with Crippen LogP contribution in [0.1, 0.15) is 29.4 Å². The molecule has 35 heavy (non-hydrogen) atoms. The number of benzene rings is 2. The number of ether oxygens (including phenoxy) is 1. The number of hydrogen-bond acceptors (Lipinski definition) is 3. The van der Waals surface area contributed by atoms with Gasteiger partial charge < -0.3 is 9.30 Å². The van der Waals surface area contributed by atoms with E-state index in [1.807, 2.05) is 54.8 Å². The van der Waals surface area contributed by atoms with Crippen LogP contribution in [0.2, 0.25) is 0 Å². The van der Waals surface area contributed by atoms with E-state index < -0.39 is 23.6 Å². The van der Waals surface area contributed by atoms with Gasteiger partial charge in [0.05, 0.1) is 23.8 Å². The number of aryl methyl sites for hydroxylation is 1. The van der Waals surface area contributed by atoms with Gasteiger partial charge in [-0.1, -0.05) is 24.3 Å². The first-order chi connectivity index (χ1) is 16.5.